The molecule has 14 heavy (non-hydrogen) atoms. The molecular weight excluding hydrogens is 184 g/mol. The van der Waals surface area contributed by atoms with Gasteiger partial charge in [-0.3, -0.25) is 0 Å². The van der Waals surface area contributed by atoms with Crippen molar-refractivity contribution in [1.82, 2.24) is 0 Å². The monoisotopic (exact) mass is 192 g/mol. The van der Waals surface area contributed by atoms with Crippen LogP contribution in [0.4, 0.5) is 8.78 Å². The molecule has 1 aromatic carbocycles. The maximum absolute atomic E-state index is 13.2. The Morgan fingerprint density at radius 1 is 1.21 bits per heavy atom. The lowest BCUT2D eigenvalue weighted by atomic mass is 9.79. The molecule has 0 spiro atoms. The molecular formula is C9H8B2F2O. The predicted molar refractivity (Wildman–Crippen MR) is 52.9 cm³/mol. The average molecular weight is 192 g/mol. The van der Waals surface area contributed by atoms with Gasteiger partial charge < -0.3 is 4.74 Å². The third kappa shape index (κ3) is 1.98. The van der Waals surface area contributed by atoms with E-state index < -0.39 is 11.7 Å². The second-order valence-corrected chi connectivity index (χ2v) is 3.04. The van der Waals surface area contributed by atoms with E-state index in [1.165, 1.54) is 12.1 Å². The number of ether oxygens (including phenoxy) is 1. The van der Waals surface area contributed by atoms with Crippen LogP contribution in [0.1, 0.15) is 11.1 Å². The minimum atomic E-state index is -3.44. The third-order valence-electron chi connectivity index (χ3n) is 1.89. The molecule has 0 atom stereocenters. The van der Waals surface area contributed by atoms with Crippen LogP contribution in [0.15, 0.2) is 12.1 Å². The Hall–Kier alpha value is -0.830. The molecule has 70 valence electrons. The molecule has 0 amide bonds. The largest absolute Gasteiger partial charge is 0.381 e. The summed E-state index contributed by atoms with van der Waals surface area (Å²) in [6.07, 6.45) is -3.44. The van der Waals surface area contributed by atoms with Crippen LogP contribution in [0.3, 0.4) is 0 Å². The van der Waals surface area contributed by atoms with Gasteiger partial charge >= 0.3 is 6.11 Å². The number of benzene rings is 1. The summed E-state index contributed by atoms with van der Waals surface area (Å²) in [5.41, 5.74) is 0.143. The maximum atomic E-state index is 13.2. The molecule has 1 aromatic rings. The fraction of sp³-hybridized carbons (Fsp3) is 0.333. The van der Waals surface area contributed by atoms with Crippen molar-refractivity contribution in [2.45, 2.75) is 13.0 Å². The first kappa shape index (κ1) is 11.2. The average Bonchev–Trinajstić information content (AvgIpc) is 2.01. The number of alkyl halides is 2. The van der Waals surface area contributed by atoms with Gasteiger partial charge in [0.05, 0.1) is 0 Å². The highest BCUT2D eigenvalue weighted by Crippen LogP contribution is 2.25. The first-order valence-corrected chi connectivity index (χ1v) is 3.97. The van der Waals surface area contributed by atoms with Crippen molar-refractivity contribution >= 4 is 26.6 Å². The molecule has 0 aliphatic rings. The molecule has 5 heteroatoms. The quantitative estimate of drug-likeness (QED) is 0.611. The van der Waals surface area contributed by atoms with Gasteiger partial charge in [0.15, 0.2) is 0 Å². The molecule has 0 bridgehead atoms. The zero-order valence-electron chi connectivity index (χ0n) is 7.97. The van der Waals surface area contributed by atoms with Crippen LogP contribution >= 0.6 is 0 Å². The van der Waals surface area contributed by atoms with E-state index in [9.17, 15) is 8.78 Å². The summed E-state index contributed by atoms with van der Waals surface area (Å²) in [4.78, 5) is 0. The Bertz CT molecular complexity index is 330. The van der Waals surface area contributed by atoms with Gasteiger partial charge in [0, 0.05) is 12.7 Å². The number of rotatable bonds is 2. The molecule has 4 radical (unpaired) electrons. The topological polar surface area (TPSA) is 9.23 Å². The molecule has 0 aliphatic heterocycles. The molecule has 0 aliphatic carbocycles. The second kappa shape index (κ2) is 3.73. The van der Waals surface area contributed by atoms with Crippen LogP contribution in [-0.2, 0) is 10.8 Å². The van der Waals surface area contributed by atoms with E-state index in [1.807, 2.05) is 0 Å². The Morgan fingerprint density at radius 3 is 2.00 bits per heavy atom. The van der Waals surface area contributed by atoms with E-state index in [-0.39, 0.29) is 10.9 Å². The molecule has 0 saturated carbocycles. The summed E-state index contributed by atoms with van der Waals surface area (Å²) < 4.78 is 30.3. The minimum Gasteiger partial charge on any atom is -0.320 e. The SMILES string of the molecule is [B]c1cc(C)cc([B])c1C(F)(F)OC. The van der Waals surface area contributed by atoms with Gasteiger partial charge in [0.1, 0.15) is 15.7 Å². The van der Waals surface area contributed by atoms with Crippen molar-refractivity contribution in [3.05, 3.63) is 23.3 Å². The van der Waals surface area contributed by atoms with Gasteiger partial charge in [-0.2, -0.15) is 8.78 Å². The van der Waals surface area contributed by atoms with Crippen molar-refractivity contribution in [3.8, 4) is 0 Å². The first-order chi connectivity index (χ1) is 6.38. The van der Waals surface area contributed by atoms with E-state index in [2.05, 4.69) is 4.74 Å². The first-order valence-electron chi connectivity index (χ1n) is 3.97. The molecule has 1 rings (SSSR count). The Labute approximate surface area is 84.3 Å². The van der Waals surface area contributed by atoms with Crippen molar-refractivity contribution < 1.29 is 13.5 Å². The second-order valence-electron chi connectivity index (χ2n) is 3.04. The lowest BCUT2D eigenvalue weighted by Crippen LogP contribution is -2.34. The van der Waals surface area contributed by atoms with E-state index >= 15 is 0 Å². The van der Waals surface area contributed by atoms with Crippen LogP contribution in [0.5, 0.6) is 0 Å². The Balaban J connectivity index is 3.35. The summed E-state index contributed by atoms with van der Waals surface area (Å²) in [5, 5.41) is 0. The fourth-order valence-electron chi connectivity index (χ4n) is 1.28. The summed E-state index contributed by atoms with van der Waals surface area (Å²) >= 11 is 0. The Kier molecular flexibility index (Phi) is 3.00. The predicted octanol–water partition coefficient (Wildman–Crippen LogP) is 0.278. The standard InChI is InChI=1S/C9H8B2F2O/c1-5-3-6(10)8(7(11)4-5)9(12,13)14-2/h3-4H,1-2H3. The summed E-state index contributed by atoms with van der Waals surface area (Å²) in [5.74, 6) is 0. The number of aryl methyl sites for hydroxylation is 1. The fourth-order valence-corrected chi connectivity index (χ4v) is 1.28. The van der Waals surface area contributed by atoms with Crippen LogP contribution < -0.4 is 10.9 Å². The van der Waals surface area contributed by atoms with E-state index in [0.29, 0.717) is 0 Å². The highest BCUT2D eigenvalue weighted by Gasteiger charge is 2.33. The van der Waals surface area contributed by atoms with Crippen molar-refractivity contribution in [2.75, 3.05) is 7.11 Å². The normalized spacial score (nSPS) is 11.7. The van der Waals surface area contributed by atoms with Crippen molar-refractivity contribution in [1.29, 1.82) is 0 Å². The zero-order valence-corrected chi connectivity index (χ0v) is 7.97. The van der Waals surface area contributed by atoms with Gasteiger partial charge in [0.25, 0.3) is 0 Å². The van der Waals surface area contributed by atoms with Gasteiger partial charge in [-0.05, 0) is 6.92 Å². The van der Waals surface area contributed by atoms with Gasteiger partial charge in [0.2, 0.25) is 0 Å². The third-order valence-corrected chi connectivity index (χ3v) is 1.89. The van der Waals surface area contributed by atoms with Crippen molar-refractivity contribution in [2.24, 2.45) is 0 Å². The summed E-state index contributed by atoms with van der Waals surface area (Å²) in [6, 6.07) is 2.86. The molecule has 0 aromatic heterocycles. The maximum Gasteiger partial charge on any atom is 0.381 e. The van der Waals surface area contributed by atoms with Gasteiger partial charge in [-0.25, -0.2) is 0 Å². The lowest BCUT2D eigenvalue weighted by molar-refractivity contribution is -0.230. The smallest absolute Gasteiger partial charge is 0.320 e. The number of halogens is 2. The van der Waals surface area contributed by atoms with Gasteiger partial charge in [-0.15, -0.1) is 0 Å². The highest BCUT2D eigenvalue weighted by molar-refractivity contribution is 6.40. The van der Waals surface area contributed by atoms with Crippen molar-refractivity contribution in [3.63, 3.8) is 0 Å². The number of hydrogen-bond acceptors (Lipinski definition) is 1. The van der Waals surface area contributed by atoms with Crippen LogP contribution in [-0.4, -0.2) is 22.8 Å². The summed E-state index contributed by atoms with van der Waals surface area (Å²) in [7, 11) is 11.8. The summed E-state index contributed by atoms with van der Waals surface area (Å²) in [6.45, 7) is 1.72. The number of hydrogen-bond donors (Lipinski definition) is 0. The van der Waals surface area contributed by atoms with Crippen LogP contribution in [0.2, 0.25) is 0 Å². The molecule has 1 nitrogen and oxygen atoms in total. The van der Waals surface area contributed by atoms with E-state index in [4.69, 9.17) is 15.7 Å². The molecule has 0 unspecified atom stereocenters. The highest BCUT2D eigenvalue weighted by atomic mass is 19.3. The van der Waals surface area contributed by atoms with E-state index in [1.54, 1.807) is 6.92 Å². The lowest BCUT2D eigenvalue weighted by Gasteiger charge is -2.20. The molecule has 0 N–H and O–H groups in total. The van der Waals surface area contributed by atoms with Crippen LogP contribution in [0.25, 0.3) is 0 Å². The molecule has 0 heterocycles. The van der Waals surface area contributed by atoms with Crippen LogP contribution in [0, 0.1) is 6.92 Å². The van der Waals surface area contributed by atoms with Gasteiger partial charge in [-0.1, -0.05) is 28.6 Å². The minimum absolute atomic E-state index is 0.0608. The Morgan fingerprint density at radius 2 is 1.64 bits per heavy atom. The zero-order chi connectivity index (χ0) is 10.9. The number of methoxy groups -OCH3 is 1. The van der Waals surface area contributed by atoms with E-state index in [0.717, 1.165) is 12.7 Å². The molecule has 0 fully saturated rings. The molecule has 0 saturated heterocycles.